The van der Waals surface area contributed by atoms with E-state index >= 15 is 0 Å². The van der Waals surface area contributed by atoms with Crippen LogP contribution in [0.2, 0.25) is 0 Å². The van der Waals surface area contributed by atoms with Gasteiger partial charge >= 0.3 is 17.1 Å². The molecule has 1 radical (unpaired) electrons. The van der Waals surface area contributed by atoms with Gasteiger partial charge in [-0.05, 0) is 22.5 Å². The smallest absolute Gasteiger partial charge is 0.741 e. The topological polar surface area (TPSA) is 117 Å². The molecule has 0 atom stereocenters. The molecular formula is C19H19CuN7OS2. The van der Waals surface area contributed by atoms with Crippen molar-refractivity contribution in [2.45, 2.75) is 0 Å². The number of amidine groups is 2. The monoisotopic (exact) mass is 488 g/mol. The van der Waals surface area contributed by atoms with Gasteiger partial charge in [0.1, 0.15) is 11.4 Å². The molecule has 0 saturated carbocycles. The van der Waals surface area contributed by atoms with Gasteiger partial charge in [-0.1, -0.05) is 42.5 Å². The molecule has 11 heteroatoms. The fourth-order valence-corrected chi connectivity index (χ4v) is 2.24. The maximum Gasteiger partial charge on any atom is 2.00 e. The third kappa shape index (κ3) is 7.20. The molecule has 0 aromatic heterocycles. The van der Waals surface area contributed by atoms with Crippen molar-refractivity contribution in [3.8, 4) is 0 Å². The van der Waals surface area contributed by atoms with Crippen molar-refractivity contribution in [1.29, 1.82) is 0 Å². The van der Waals surface area contributed by atoms with Gasteiger partial charge in [-0.15, -0.1) is 10.2 Å². The second-order valence-electron chi connectivity index (χ2n) is 5.52. The third-order valence-corrected chi connectivity index (χ3v) is 4.20. The predicted octanol–water partition coefficient (Wildman–Crippen LogP) is 1.14. The first-order chi connectivity index (χ1) is 14.0. The Balaban J connectivity index is 0.00000450. The van der Waals surface area contributed by atoms with Gasteiger partial charge in [0, 0.05) is 30.8 Å². The van der Waals surface area contributed by atoms with Gasteiger partial charge in [0.15, 0.2) is 0 Å². The Bertz CT molecular complexity index is 974. The minimum absolute atomic E-state index is 0. The molecule has 0 heterocycles. The van der Waals surface area contributed by atoms with Crippen LogP contribution in [0, 0.1) is 0 Å². The Hall–Kier alpha value is -2.85. The molecule has 0 aliphatic rings. The number of nitrogens with one attached hydrogen (secondary N) is 2. The Morgan fingerprint density at radius 1 is 0.733 bits per heavy atom. The Labute approximate surface area is 196 Å². The van der Waals surface area contributed by atoms with Gasteiger partial charge in [0.25, 0.3) is 0 Å². The Morgan fingerprint density at radius 2 is 1.13 bits per heavy atom. The van der Waals surface area contributed by atoms with Crippen LogP contribution in [0.5, 0.6) is 0 Å². The number of nitrogens with two attached hydrogens (primary N) is 1. The van der Waals surface area contributed by atoms with Gasteiger partial charge in [0.2, 0.25) is 5.91 Å². The molecule has 0 spiro atoms. The molecule has 30 heavy (non-hydrogen) atoms. The van der Waals surface area contributed by atoms with Crippen LogP contribution in [-0.2, 0) is 42.3 Å². The Kier molecular flexibility index (Phi) is 10.6. The zero-order valence-corrected chi connectivity index (χ0v) is 18.7. The van der Waals surface area contributed by atoms with E-state index in [9.17, 15) is 4.79 Å². The van der Waals surface area contributed by atoms with Gasteiger partial charge in [-0.25, -0.2) is 0 Å². The summed E-state index contributed by atoms with van der Waals surface area (Å²) in [5.74, 6) is -0.526. The van der Waals surface area contributed by atoms with Crippen molar-refractivity contribution in [3.63, 3.8) is 0 Å². The summed E-state index contributed by atoms with van der Waals surface area (Å²) in [5, 5.41) is 22.5. The minimum Gasteiger partial charge on any atom is -0.741 e. The fraction of sp³-hybridized carbons (Fsp3) is 0.105. The van der Waals surface area contributed by atoms with Gasteiger partial charge in [-0.3, -0.25) is 4.79 Å². The van der Waals surface area contributed by atoms with Crippen molar-refractivity contribution < 1.29 is 21.9 Å². The summed E-state index contributed by atoms with van der Waals surface area (Å²) in [7, 11) is 3.30. The molecule has 1 amide bonds. The molecule has 2 aromatic rings. The summed E-state index contributed by atoms with van der Waals surface area (Å²) in [5.41, 5.74) is 7.92. The van der Waals surface area contributed by atoms with E-state index < -0.39 is 5.91 Å². The van der Waals surface area contributed by atoms with E-state index in [1.807, 2.05) is 30.3 Å². The number of amides is 1. The maximum absolute atomic E-state index is 11.4. The van der Waals surface area contributed by atoms with E-state index in [0.29, 0.717) is 22.6 Å². The second kappa shape index (κ2) is 12.7. The number of nitrogens with zero attached hydrogens (tertiary/aromatic N) is 4. The summed E-state index contributed by atoms with van der Waals surface area (Å²) < 4.78 is 0. The normalized spacial score (nSPS) is 12.7. The largest absolute Gasteiger partial charge is 2.00 e. The van der Waals surface area contributed by atoms with E-state index in [4.69, 9.17) is 31.0 Å². The number of carbonyl (C=O) groups is 1. The van der Waals surface area contributed by atoms with Crippen LogP contribution in [-0.4, -0.2) is 41.8 Å². The number of hydrogen-bond donors (Lipinski definition) is 3. The summed E-state index contributed by atoms with van der Waals surface area (Å²) in [6.45, 7) is 0. The van der Waals surface area contributed by atoms with Crippen molar-refractivity contribution in [3.05, 3.63) is 71.3 Å². The predicted molar refractivity (Wildman–Crippen MR) is 122 cm³/mol. The second-order valence-corrected chi connectivity index (χ2v) is 6.29. The average Bonchev–Trinajstić information content (AvgIpc) is 2.76. The molecule has 2 aromatic carbocycles. The maximum atomic E-state index is 11.4. The van der Waals surface area contributed by atoms with E-state index in [1.54, 1.807) is 38.4 Å². The van der Waals surface area contributed by atoms with Crippen molar-refractivity contribution in [2.24, 2.45) is 26.1 Å². The first-order valence-corrected chi connectivity index (χ1v) is 9.24. The van der Waals surface area contributed by atoms with Crippen LogP contribution < -0.4 is 16.4 Å². The molecular weight excluding hydrogens is 470 g/mol. The first-order valence-electron chi connectivity index (χ1n) is 8.43. The van der Waals surface area contributed by atoms with Crippen LogP contribution in [0.15, 0.2) is 75.0 Å². The van der Waals surface area contributed by atoms with E-state index in [1.165, 1.54) is 0 Å². The molecule has 8 nitrogen and oxygen atoms in total. The van der Waals surface area contributed by atoms with Crippen molar-refractivity contribution in [2.75, 3.05) is 14.1 Å². The molecule has 0 fully saturated rings. The molecule has 4 N–H and O–H groups in total. The van der Waals surface area contributed by atoms with Crippen LogP contribution in [0.3, 0.4) is 0 Å². The minimum atomic E-state index is -0.526. The van der Waals surface area contributed by atoms with E-state index in [2.05, 4.69) is 31.0 Å². The third-order valence-electron chi connectivity index (χ3n) is 3.62. The molecule has 0 unspecified atom stereocenters. The molecule has 159 valence electrons. The number of primary amides is 1. The first kappa shape index (κ1) is 25.2. The fourth-order valence-electron chi connectivity index (χ4n) is 2.16. The number of carbonyl (C=O) groups excluding carboxylic acids is 1. The summed E-state index contributed by atoms with van der Waals surface area (Å²) in [6.07, 6.45) is 0. The molecule has 0 aliphatic carbocycles. The summed E-state index contributed by atoms with van der Waals surface area (Å²) >= 11 is 10.1. The molecule has 2 rings (SSSR count). The average molecular weight is 489 g/mol. The van der Waals surface area contributed by atoms with Gasteiger partial charge < -0.3 is 41.6 Å². The van der Waals surface area contributed by atoms with Gasteiger partial charge in [0.05, 0.1) is 0 Å². The SMILES string of the molecule is CNC([S-])=NN=C(C(=NN=C([S-])NC)c1ccc(C(N)=O)cc1)c1ccccc1.[Cu+2]. The van der Waals surface area contributed by atoms with Crippen molar-refractivity contribution >= 4 is 52.9 Å². The van der Waals surface area contributed by atoms with E-state index in [-0.39, 0.29) is 27.4 Å². The molecule has 0 saturated heterocycles. The number of rotatable bonds is 6. The Morgan fingerprint density at radius 3 is 1.53 bits per heavy atom. The summed E-state index contributed by atoms with van der Waals surface area (Å²) in [6, 6.07) is 15.9. The number of benzene rings is 2. The van der Waals surface area contributed by atoms with Crippen LogP contribution >= 0.6 is 0 Å². The zero-order chi connectivity index (χ0) is 21.2. The molecule has 0 bridgehead atoms. The quantitative estimate of drug-likeness (QED) is 0.185. The molecule has 0 aliphatic heterocycles. The van der Waals surface area contributed by atoms with Crippen molar-refractivity contribution in [1.82, 2.24) is 10.6 Å². The van der Waals surface area contributed by atoms with E-state index in [0.717, 1.165) is 5.56 Å². The van der Waals surface area contributed by atoms with Crippen LogP contribution in [0.4, 0.5) is 0 Å². The standard InChI is InChI=1S/C19H21N7OS2.Cu/c1-21-18(28)25-23-15(12-6-4-3-5-7-12)16(24-26-19(29)22-2)13-8-10-14(11-9-13)17(20)27;/h3-11H,1-2H3,(H2,20,27)(H2,21,25,28)(H2,22,26,29);/q;+2/p-2. The van der Waals surface area contributed by atoms with Crippen LogP contribution in [0.1, 0.15) is 21.5 Å². The number of hydrogen-bond acceptors (Lipinski definition) is 7. The summed E-state index contributed by atoms with van der Waals surface area (Å²) in [4.78, 5) is 11.4. The van der Waals surface area contributed by atoms with Gasteiger partial charge in [-0.2, -0.15) is 10.2 Å². The zero-order valence-electron chi connectivity index (χ0n) is 16.1. The van der Waals surface area contributed by atoms with Crippen LogP contribution in [0.25, 0.3) is 0 Å².